The Kier molecular flexibility index (Phi) is 4.98. The van der Waals surface area contributed by atoms with Crippen LogP contribution in [0, 0.1) is 4.77 Å². The van der Waals surface area contributed by atoms with Crippen molar-refractivity contribution in [1.82, 2.24) is 9.55 Å². The number of hydrogen-bond acceptors (Lipinski definition) is 5. The van der Waals surface area contributed by atoms with Gasteiger partial charge < -0.3 is 15.6 Å². The molecule has 0 fully saturated rings. The highest BCUT2D eigenvalue weighted by molar-refractivity contribution is 7.71. The zero-order valence-electron chi connectivity index (χ0n) is 12.7. The molecule has 0 unspecified atom stereocenters. The third-order valence-corrected chi connectivity index (χ3v) is 5.52. The van der Waals surface area contributed by atoms with E-state index < -0.39 is 8.07 Å². The summed E-state index contributed by atoms with van der Waals surface area (Å²) in [4.78, 5) is 4.11. The Morgan fingerprint density at radius 3 is 2.76 bits per heavy atom. The van der Waals surface area contributed by atoms with Crippen LogP contribution < -0.4 is 5.73 Å². The molecule has 1 aliphatic rings. The molecule has 0 aromatic carbocycles. The van der Waals surface area contributed by atoms with Crippen molar-refractivity contribution in [2.24, 2.45) is 0 Å². The van der Waals surface area contributed by atoms with Gasteiger partial charge in [-0.1, -0.05) is 25.7 Å². The van der Waals surface area contributed by atoms with Crippen LogP contribution in [0.5, 0.6) is 0 Å². The number of aromatic nitrogens is 2. The molecular weight excluding hydrogens is 302 g/mol. The van der Waals surface area contributed by atoms with Gasteiger partial charge in [-0.2, -0.15) is 0 Å². The fraction of sp³-hybridized carbons (Fsp3) is 0.571. The van der Waals surface area contributed by atoms with Gasteiger partial charge in [-0.15, -0.1) is 0 Å². The van der Waals surface area contributed by atoms with E-state index in [-0.39, 0.29) is 18.9 Å². The highest BCUT2D eigenvalue weighted by Gasteiger charge is 2.29. The van der Waals surface area contributed by atoms with Gasteiger partial charge in [0.05, 0.1) is 6.61 Å². The van der Waals surface area contributed by atoms with Gasteiger partial charge >= 0.3 is 0 Å². The Hall–Kier alpha value is -1.02. The first-order chi connectivity index (χ1) is 9.80. The van der Waals surface area contributed by atoms with E-state index in [0.29, 0.717) is 10.6 Å². The first kappa shape index (κ1) is 16.3. The van der Waals surface area contributed by atoms with Crippen LogP contribution in [-0.2, 0) is 4.74 Å². The normalized spacial score (nSPS) is 22.4. The third-order valence-electron chi connectivity index (χ3n) is 3.47. The quantitative estimate of drug-likeness (QED) is 0.495. The van der Waals surface area contributed by atoms with Crippen molar-refractivity contribution in [3.8, 4) is 0 Å². The minimum Gasteiger partial charge on any atom is -0.393 e. The molecule has 0 amide bonds. The average molecular weight is 326 g/mol. The molecule has 2 rings (SSSR count). The number of rotatable bonds is 5. The molecule has 0 radical (unpaired) electrons. The standard InChI is InChI=1S/C14H23N3O2SSi/c1-21(2,3)7-5-10-8-11(9-18)19-13(10)17-6-4-12(15)16-14(17)20/h4,6,8,11,13,18H,5,7,9H2,1-3H3,(H2,15,16,20)/t11-,13+/m0/s1. The number of nitrogens with two attached hydrogens (primary N) is 1. The molecule has 116 valence electrons. The number of aliphatic hydroxyl groups is 1. The molecule has 3 N–H and O–H groups in total. The van der Waals surface area contributed by atoms with E-state index in [4.69, 9.17) is 22.7 Å². The zero-order valence-corrected chi connectivity index (χ0v) is 14.6. The lowest BCUT2D eigenvalue weighted by atomic mass is 10.1. The third kappa shape index (κ3) is 4.23. The van der Waals surface area contributed by atoms with E-state index in [2.05, 4.69) is 24.6 Å². The predicted octanol–water partition coefficient (Wildman–Crippen LogP) is 2.74. The van der Waals surface area contributed by atoms with Crippen molar-refractivity contribution >= 4 is 26.1 Å². The minimum absolute atomic E-state index is 0.0251. The minimum atomic E-state index is -1.14. The van der Waals surface area contributed by atoms with Gasteiger partial charge in [0, 0.05) is 14.3 Å². The Morgan fingerprint density at radius 1 is 1.48 bits per heavy atom. The summed E-state index contributed by atoms with van der Waals surface area (Å²) in [6.45, 7) is 7.01. The number of anilines is 1. The van der Waals surface area contributed by atoms with Gasteiger partial charge in [0.25, 0.3) is 0 Å². The summed E-state index contributed by atoms with van der Waals surface area (Å²) < 4.78 is 8.09. The molecular formula is C14H23N3O2SSi. The monoisotopic (exact) mass is 325 g/mol. The van der Waals surface area contributed by atoms with E-state index in [1.54, 1.807) is 16.8 Å². The van der Waals surface area contributed by atoms with Gasteiger partial charge in [0.15, 0.2) is 6.23 Å². The lowest BCUT2D eigenvalue weighted by molar-refractivity contribution is -0.0143. The maximum atomic E-state index is 9.36. The molecule has 7 heteroatoms. The average Bonchev–Trinajstić information content (AvgIpc) is 2.79. The topological polar surface area (TPSA) is 73.3 Å². The summed E-state index contributed by atoms with van der Waals surface area (Å²) in [5, 5.41) is 9.36. The molecule has 0 aliphatic carbocycles. The summed E-state index contributed by atoms with van der Waals surface area (Å²) in [6, 6.07) is 2.88. The number of ether oxygens (including phenoxy) is 1. The fourth-order valence-electron chi connectivity index (χ4n) is 2.28. The Balaban J connectivity index is 2.24. The summed E-state index contributed by atoms with van der Waals surface area (Å²) in [7, 11) is -1.14. The number of nitrogen functional groups attached to an aromatic ring is 1. The smallest absolute Gasteiger partial charge is 0.203 e. The van der Waals surface area contributed by atoms with Gasteiger partial charge in [-0.3, -0.25) is 4.57 Å². The molecule has 0 saturated carbocycles. The van der Waals surface area contributed by atoms with Crippen LogP contribution in [0.2, 0.25) is 25.7 Å². The van der Waals surface area contributed by atoms with Gasteiger partial charge in [0.2, 0.25) is 4.77 Å². The van der Waals surface area contributed by atoms with Crippen LogP contribution in [0.1, 0.15) is 12.6 Å². The maximum absolute atomic E-state index is 9.36. The predicted molar refractivity (Wildman–Crippen MR) is 89.3 cm³/mol. The summed E-state index contributed by atoms with van der Waals surface area (Å²) >= 11 is 5.27. The second kappa shape index (κ2) is 6.39. The second-order valence-electron chi connectivity index (χ2n) is 6.55. The lowest BCUT2D eigenvalue weighted by Gasteiger charge is -2.22. The number of nitrogens with zero attached hydrogens (tertiary/aromatic N) is 2. The first-order valence-electron chi connectivity index (χ1n) is 7.12. The number of hydrogen-bond donors (Lipinski definition) is 2. The van der Waals surface area contributed by atoms with Gasteiger partial charge in [-0.05, 0) is 36.4 Å². The molecule has 0 saturated heterocycles. The molecule has 21 heavy (non-hydrogen) atoms. The highest BCUT2D eigenvalue weighted by Crippen LogP contribution is 2.33. The van der Waals surface area contributed by atoms with Crippen LogP contribution in [0.4, 0.5) is 5.82 Å². The molecule has 1 aliphatic heterocycles. The van der Waals surface area contributed by atoms with Crippen LogP contribution in [-0.4, -0.2) is 35.4 Å². The molecule has 5 nitrogen and oxygen atoms in total. The van der Waals surface area contributed by atoms with Crippen molar-refractivity contribution in [2.45, 2.75) is 44.4 Å². The molecule has 1 aromatic rings. The molecule has 2 heterocycles. The fourth-order valence-corrected chi connectivity index (χ4v) is 3.58. The number of aliphatic hydroxyl groups excluding tert-OH is 1. The zero-order chi connectivity index (χ0) is 15.6. The Bertz CT molecular complexity index is 595. The SMILES string of the molecule is C[Si](C)(C)CCC1=C[C@@H](CO)O[C@H]1n1ccc(N)nc1=S. The van der Waals surface area contributed by atoms with E-state index in [1.165, 1.54) is 11.6 Å². The van der Waals surface area contributed by atoms with Gasteiger partial charge in [0.1, 0.15) is 11.9 Å². The molecule has 0 spiro atoms. The van der Waals surface area contributed by atoms with Crippen molar-refractivity contribution in [1.29, 1.82) is 0 Å². The maximum Gasteiger partial charge on any atom is 0.203 e. The van der Waals surface area contributed by atoms with E-state index in [1.807, 2.05) is 6.08 Å². The largest absolute Gasteiger partial charge is 0.393 e. The van der Waals surface area contributed by atoms with Crippen molar-refractivity contribution < 1.29 is 9.84 Å². The Morgan fingerprint density at radius 2 is 2.19 bits per heavy atom. The lowest BCUT2D eigenvalue weighted by Crippen LogP contribution is -2.21. The Labute approximate surface area is 131 Å². The van der Waals surface area contributed by atoms with Crippen molar-refractivity contribution in [3.63, 3.8) is 0 Å². The molecule has 0 bridgehead atoms. The molecule has 1 aromatic heterocycles. The van der Waals surface area contributed by atoms with Crippen molar-refractivity contribution in [3.05, 3.63) is 28.7 Å². The summed E-state index contributed by atoms with van der Waals surface area (Å²) in [5.74, 6) is 0.403. The van der Waals surface area contributed by atoms with Crippen LogP contribution in [0.3, 0.4) is 0 Å². The first-order valence-corrected chi connectivity index (χ1v) is 11.2. The summed E-state index contributed by atoms with van der Waals surface area (Å²) in [5.41, 5.74) is 6.81. The van der Waals surface area contributed by atoms with Crippen molar-refractivity contribution in [2.75, 3.05) is 12.3 Å². The van der Waals surface area contributed by atoms with Gasteiger partial charge in [-0.25, -0.2) is 4.98 Å². The summed E-state index contributed by atoms with van der Waals surface area (Å²) in [6.07, 6.45) is 4.23. The molecule has 2 atom stereocenters. The van der Waals surface area contributed by atoms with Crippen LogP contribution >= 0.6 is 12.2 Å². The second-order valence-corrected chi connectivity index (χ2v) is 12.5. The van der Waals surface area contributed by atoms with E-state index in [0.717, 1.165) is 6.42 Å². The van der Waals surface area contributed by atoms with E-state index >= 15 is 0 Å². The van der Waals surface area contributed by atoms with Crippen LogP contribution in [0.15, 0.2) is 23.9 Å². The van der Waals surface area contributed by atoms with Crippen LogP contribution in [0.25, 0.3) is 0 Å². The highest BCUT2D eigenvalue weighted by atomic mass is 32.1. The van der Waals surface area contributed by atoms with E-state index in [9.17, 15) is 5.11 Å².